The number of aliphatic hydroxyl groups is 3. The molecule has 0 radical (unpaired) electrons. The van der Waals surface area contributed by atoms with Gasteiger partial charge < -0.3 is 29.7 Å². The molecular formula is C46H81O12P. The maximum absolute atomic E-state index is 12.7. The number of aliphatic hydroxyl groups excluding tert-OH is 3. The number of ketones is 1. The quantitative estimate of drug-likeness (QED) is 0.0199. The zero-order valence-electron chi connectivity index (χ0n) is 36.7. The molecule has 1 unspecified atom stereocenters. The fourth-order valence-corrected chi connectivity index (χ4v) is 7.61. The van der Waals surface area contributed by atoms with E-state index in [1.807, 2.05) is 24.3 Å². The summed E-state index contributed by atoms with van der Waals surface area (Å²) >= 11 is 0. The fourth-order valence-electron chi connectivity index (χ4n) is 6.82. The van der Waals surface area contributed by atoms with Crippen molar-refractivity contribution in [1.29, 1.82) is 0 Å². The molecule has 12 nitrogen and oxygen atoms in total. The van der Waals surface area contributed by atoms with Crippen molar-refractivity contribution in [2.45, 2.75) is 193 Å². The Balaban J connectivity index is 2.40. The van der Waals surface area contributed by atoms with Crippen LogP contribution in [0.4, 0.5) is 0 Å². The summed E-state index contributed by atoms with van der Waals surface area (Å²) in [5, 5.41) is 28.6. The highest BCUT2D eigenvalue weighted by molar-refractivity contribution is 7.47. The summed E-state index contributed by atoms with van der Waals surface area (Å²) in [7, 11) is -4.67. The molecule has 0 aromatic rings. The van der Waals surface area contributed by atoms with Gasteiger partial charge in [-0.05, 0) is 50.0 Å². The predicted octanol–water partition coefficient (Wildman–Crippen LogP) is 9.81. The zero-order chi connectivity index (χ0) is 43.6. The lowest BCUT2D eigenvalue weighted by Gasteiger charge is -2.20. The van der Waals surface area contributed by atoms with Crippen molar-refractivity contribution >= 4 is 25.5 Å². The number of unbranched alkanes of at least 4 members (excludes halogenated alkanes) is 16. The zero-order valence-corrected chi connectivity index (χ0v) is 37.6. The number of hydrogen-bond donors (Lipinski definition) is 4. The second kappa shape index (κ2) is 35.4. The Bertz CT molecular complexity index is 1230. The van der Waals surface area contributed by atoms with Gasteiger partial charge in [0.1, 0.15) is 12.7 Å². The van der Waals surface area contributed by atoms with Crippen molar-refractivity contribution in [1.82, 2.24) is 0 Å². The molecule has 0 saturated heterocycles. The van der Waals surface area contributed by atoms with Gasteiger partial charge in [-0.1, -0.05) is 160 Å². The minimum absolute atomic E-state index is 0.00169. The van der Waals surface area contributed by atoms with E-state index in [1.54, 1.807) is 12.2 Å². The molecule has 0 amide bonds. The van der Waals surface area contributed by atoms with Crippen molar-refractivity contribution in [3.05, 3.63) is 36.5 Å². The van der Waals surface area contributed by atoms with Crippen molar-refractivity contribution in [3.8, 4) is 0 Å². The summed E-state index contributed by atoms with van der Waals surface area (Å²) in [6.07, 6.45) is 31.7. The van der Waals surface area contributed by atoms with E-state index in [0.29, 0.717) is 32.1 Å². The molecular weight excluding hydrogens is 775 g/mol. The monoisotopic (exact) mass is 857 g/mol. The average Bonchev–Trinajstić information content (AvgIpc) is 3.56. The van der Waals surface area contributed by atoms with E-state index in [2.05, 4.69) is 25.3 Å². The summed E-state index contributed by atoms with van der Waals surface area (Å²) in [6.45, 7) is 4.39. The van der Waals surface area contributed by atoms with E-state index < -0.39 is 57.9 Å². The third kappa shape index (κ3) is 31.3. The predicted molar refractivity (Wildman–Crippen MR) is 232 cm³/mol. The molecule has 0 aromatic heterocycles. The minimum Gasteiger partial charge on any atom is -0.462 e. The third-order valence-corrected chi connectivity index (χ3v) is 11.4. The largest absolute Gasteiger partial charge is 0.472 e. The van der Waals surface area contributed by atoms with Crippen LogP contribution in [0, 0.1) is 17.8 Å². The van der Waals surface area contributed by atoms with Crippen LogP contribution in [-0.4, -0.2) is 82.7 Å². The average molecular weight is 857 g/mol. The lowest BCUT2D eigenvalue weighted by molar-refractivity contribution is -0.161. The second-order valence-corrected chi connectivity index (χ2v) is 18.0. The maximum atomic E-state index is 12.7. The van der Waals surface area contributed by atoms with E-state index in [4.69, 9.17) is 19.1 Å². The molecule has 6 atom stereocenters. The van der Waals surface area contributed by atoms with Crippen molar-refractivity contribution < 1.29 is 57.7 Å². The molecule has 59 heavy (non-hydrogen) atoms. The molecule has 1 rings (SSSR count). The molecule has 13 heteroatoms. The maximum Gasteiger partial charge on any atom is 0.472 e. The Kier molecular flexibility index (Phi) is 32.9. The first-order chi connectivity index (χ1) is 28.4. The normalized spacial score (nSPS) is 18.2. The first kappa shape index (κ1) is 54.8. The van der Waals surface area contributed by atoms with Crippen LogP contribution in [0.15, 0.2) is 36.5 Å². The van der Waals surface area contributed by atoms with E-state index in [-0.39, 0.29) is 37.1 Å². The van der Waals surface area contributed by atoms with Gasteiger partial charge in [0.2, 0.25) is 0 Å². The lowest BCUT2D eigenvalue weighted by Crippen LogP contribution is -2.29. The van der Waals surface area contributed by atoms with Gasteiger partial charge in [0, 0.05) is 18.8 Å². The highest BCUT2D eigenvalue weighted by atomic mass is 31.2. The van der Waals surface area contributed by atoms with Crippen LogP contribution in [0.25, 0.3) is 0 Å². The number of esters is 2. The highest BCUT2D eigenvalue weighted by Gasteiger charge is 2.28. The van der Waals surface area contributed by atoms with Crippen LogP contribution in [0.2, 0.25) is 0 Å². The molecule has 0 spiro atoms. The van der Waals surface area contributed by atoms with Crippen LogP contribution >= 0.6 is 7.82 Å². The Hall–Kier alpha value is -2.18. The number of rotatable bonds is 39. The molecule has 0 saturated carbocycles. The smallest absolute Gasteiger partial charge is 0.462 e. The van der Waals surface area contributed by atoms with Crippen LogP contribution in [0.3, 0.4) is 0 Å². The van der Waals surface area contributed by atoms with Crippen LogP contribution < -0.4 is 0 Å². The number of ether oxygens (including phenoxy) is 2. The van der Waals surface area contributed by atoms with Crippen LogP contribution in [0.1, 0.15) is 175 Å². The summed E-state index contributed by atoms with van der Waals surface area (Å²) in [4.78, 5) is 47.6. The SMILES string of the molecule is CCCCC[C@H](O)/C=C/[C@H]1C(=O)C=C[C@@H]1C/C=C\CCCC(=O)O[C@H](COC(=O)CCCCCCCCCCCCCCCCC(C)C)COP(=O)(O)OC[C@@H](O)CO. The number of phosphoric acid groups is 1. The van der Waals surface area contributed by atoms with Crippen LogP contribution in [-0.2, 0) is 37.5 Å². The van der Waals surface area contributed by atoms with Crippen molar-refractivity contribution in [2.24, 2.45) is 17.8 Å². The molecule has 0 aromatic carbocycles. The van der Waals surface area contributed by atoms with Crippen molar-refractivity contribution in [2.75, 3.05) is 26.4 Å². The molecule has 342 valence electrons. The first-order valence-corrected chi connectivity index (χ1v) is 24.4. The van der Waals surface area contributed by atoms with E-state index in [9.17, 15) is 34.1 Å². The summed E-state index contributed by atoms with van der Waals surface area (Å²) in [5.74, 6) is -0.543. The van der Waals surface area contributed by atoms with Gasteiger partial charge in [-0.25, -0.2) is 4.57 Å². The number of carbonyl (C=O) groups is 3. The molecule has 0 aliphatic heterocycles. The van der Waals surface area contributed by atoms with Gasteiger partial charge in [0.15, 0.2) is 11.9 Å². The number of allylic oxidation sites excluding steroid dienone is 5. The Morgan fingerprint density at radius 3 is 1.95 bits per heavy atom. The van der Waals surface area contributed by atoms with Crippen molar-refractivity contribution in [3.63, 3.8) is 0 Å². The Labute approximate surface area is 356 Å². The van der Waals surface area contributed by atoms with E-state index in [0.717, 1.165) is 44.4 Å². The molecule has 1 aliphatic rings. The summed E-state index contributed by atoms with van der Waals surface area (Å²) < 4.78 is 32.7. The Morgan fingerprint density at radius 1 is 0.763 bits per heavy atom. The summed E-state index contributed by atoms with van der Waals surface area (Å²) in [6, 6.07) is 0. The fraction of sp³-hybridized carbons (Fsp3) is 0.804. The molecule has 0 heterocycles. The standard InChI is InChI=1S/C46H81O12P/c1-4-5-20-27-40(48)31-32-43-39(30-33-44(43)50)26-22-18-19-24-29-46(52)58-42(37-57-59(53,54)56-35-41(49)34-47)36-55-45(51)28-23-17-15-13-11-9-7-6-8-10-12-14-16-21-25-38(2)3/h18,22,30-33,38-43,47-49H,4-17,19-21,23-29,34-37H2,1-3H3,(H,53,54)/b22-18-,32-31+/t39-,40-,41-,42+,43+/m0/s1. The van der Waals surface area contributed by atoms with Gasteiger partial charge in [-0.2, -0.15) is 0 Å². The van der Waals surface area contributed by atoms with Gasteiger partial charge in [-0.3, -0.25) is 23.4 Å². The first-order valence-electron chi connectivity index (χ1n) is 22.9. The summed E-state index contributed by atoms with van der Waals surface area (Å²) in [5.41, 5.74) is 0. The molecule has 4 N–H and O–H groups in total. The number of hydrogen-bond acceptors (Lipinski definition) is 11. The Morgan fingerprint density at radius 2 is 1.34 bits per heavy atom. The second-order valence-electron chi connectivity index (χ2n) is 16.6. The topological polar surface area (TPSA) is 186 Å². The molecule has 0 bridgehead atoms. The van der Waals surface area contributed by atoms with Gasteiger partial charge in [-0.15, -0.1) is 0 Å². The molecule has 1 aliphatic carbocycles. The van der Waals surface area contributed by atoms with Gasteiger partial charge in [0.05, 0.1) is 25.9 Å². The minimum atomic E-state index is -4.67. The van der Waals surface area contributed by atoms with Crippen LogP contribution in [0.5, 0.6) is 0 Å². The van der Waals surface area contributed by atoms with Gasteiger partial charge >= 0.3 is 19.8 Å². The van der Waals surface area contributed by atoms with Gasteiger partial charge in [0.25, 0.3) is 0 Å². The van der Waals surface area contributed by atoms with E-state index in [1.165, 1.54) is 70.6 Å². The van der Waals surface area contributed by atoms with E-state index >= 15 is 0 Å². The number of carbonyl (C=O) groups excluding carboxylic acids is 3. The third-order valence-electron chi connectivity index (χ3n) is 10.5. The molecule has 0 fully saturated rings. The lowest BCUT2D eigenvalue weighted by atomic mass is 9.90. The highest BCUT2D eigenvalue weighted by Crippen LogP contribution is 2.43. The number of phosphoric ester groups is 1.